The number of rotatable bonds is 4. The van der Waals surface area contributed by atoms with Crippen molar-refractivity contribution in [3.8, 4) is 0 Å². The second-order valence-corrected chi connectivity index (χ2v) is 4.34. The van der Waals surface area contributed by atoms with Gasteiger partial charge in [0, 0.05) is 13.6 Å². The van der Waals surface area contributed by atoms with Gasteiger partial charge >= 0.3 is 6.18 Å². The number of anilines is 1. The molecule has 2 rings (SSSR count). The van der Waals surface area contributed by atoms with Gasteiger partial charge in [0.15, 0.2) is 23.1 Å². The normalized spacial score (nSPS) is 13.7. The molecule has 1 unspecified atom stereocenters. The van der Waals surface area contributed by atoms with E-state index in [1.165, 1.54) is 18.3 Å². The predicted octanol–water partition coefficient (Wildman–Crippen LogP) is 1.21. The Morgan fingerprint density at radius 3 is 2.65 bits per heavy atom. The number of fused-ring (bicyclic) bond motifs is 1. The van der Waals surface area contributed by atoms with E-state index in [4.69, 9.17) is 5.11 Å². The van der Waals surface area contributed by atoms with Crippen molar-refractivity contribution in [2.75, 3.05) is 18.5 Å². The largest absolute Gasteiger partial charge is 0.416 e. The third-order valence-electron chi connectivity index (χ3n) is 2.91. The molecule has 110 valence electrons. The molecule has 0 aromatic carbocycles. The molecule has 0 saturated carbocycles. The van der Waals surface area contributed by atoms with Gasteiger partial charge in [0.05, 0.1) is 12.9 Å². The van der Waals surface area contributed by atoms with Gasteiger partial charge in [-0.25, -0.2) is 15.0 Å². The third kappa shape index (κ3) is 2.67. The molecule has 0 radical (unpaired) electrons. The highest BCUT2D eigenvalue weighted by atomic mass is 19.4. The summed E-state index contributed by atoms with van der Waals surface area (Å²) < 4.78 is 38.9. The minimum Gasteiger partial charge on any atom is -0.382 e. The summed E-state index contributed by atoms with van der Waals surface area (Å²) in [6.07, 6.45) is -4.28. The molecule has 0 fully saturated rings. The number of hydrogen-bond donors (Lipinski definition) is 1. The summed E-state index contributed by atoms with van der Waals surface area (Å²) in [5, 5.41) is 9.11. The Balaban J connectivity index is 2.31. The van der Waals surface area contributed by atoms with Crippen molar-refractivity contribution in [1.82, 2.24) is 19.5 Å². The van der Waals surface area contributed by atoms with Gasteiger partial charge in [-0.2, -0.15) is 13.2 Å². The Morgan fingerprint density at radius 1 is 1.35 bits per heavy atom. The average Bonchev–Trinajstić information content (AvgIpc) is 2.80. The van der Waals surface area contributed by atoms with Gasteiger partial charge < -0.3 is 14.6 Å². The van der Waals surface area contributed by atoms with Crippen LogP contribution in [0, 0.1) is 0 Å². The van der Waals surface area contributed by atoms with Crippen LogP contribution in [0.15, 0.2) is 12.7 Å². The Labute approximate surface area is 112 Å². The first-order chi connectivity index (χ1) is 9.34. The first-order valence-electron chi connectivity index (χ1n) is 5.96. The molecule has 2 aromatic heterocycles. The maximum atomic E-state index is 12.4. The lowest BCUT2D eigenvalue weighted by molar-refractivity contribution is -0.200. The van der Waals surface area contributed by atoms with Crippen molar-refractivity contribution < 1.29 is 18.3 Å². The molecule has 20 heavy (non-hydrogen) atoms. The number of imidazole rings is 1. The van der Waals surface area contributed by atoms with E-state index < -0.39 is 18.8 Å². The topological polar surface area (TPSA) is 67.1 Å². The SMILES string of the molecule is CCn1cnc2c(N(C)CC(O)C(F)(F)F)ncnc21. The van der Waals surface area contributed by atoms with Crippen molar-refractivity contribution in [1.29, 1.82) is 0 Å². The summed E-state index contributed by atoms with van der Waals surface area (Å²) >= 11 is 0. The van der Waals surface area contributed by atoms with E-state index >= 15 is 0 Å². The van der Waals surface area contributed by atoms with Crippen LogP contribution in [-0.4, -0.2) is 50.5 Å². The predicted molar refractivity (Wildman–Crippen MR) is 66.3 cm³/mol. The first kappa shape index (κ1) is 14.5. The molecule has 2 aromatic rings. The van der Waals surface area contributed by atoms with Crippen molar-refractivity contribution in [2.45, 2.75) is 25.7 Å². The maximum absolute atomic E-state index is 12.4. The van der Waals surface area contributed by atoms with Crippen molar-refractivity contribution in [3.05, 3.63) is 12.7 Å². The number of aliphatic hydroxyl groups excluding tert-OH is 1. The number of alkyl halides is 3. The number of likely N-dealkylation sites (N-methyl/N-ethyl adjacent to an activating group) is 1. The number of aromatic nitrogens is 4. The standard InChI is InChI=1S/C11H14F3N5O/c1-3-19-6-17-8-9(15-5-16-10(8)19)18(2)4-7(20)11(12,13)14/h5-7,20H,3-4H2,1-2H3. The lowest BCUT2D eigenvalue weighted by atomic mass is 10.3. The van der Waals surface area contributed by atoms with E-state index in [2.05, 4.69) is 15.0 Å². The van der Waals surface area contributed by atoms with E-state index in [0.717, 1.165) is 0 Å². The van der Waals surface area contributed by atoms with E-state index in [1.54, 1.807) is 10.9 Å². The highest BCUT2D eigenvalue weighted by Gasteiger charge is 2.39. The zero-order valence-corrected chi connectivity index (χ0v) is 11.0. The highest BCUT2D eigenvalue weighted by Crippen LogP contribution is 2.24. The fraction of sp³-hybridized carbons (Fsp3) is 0.545. The van der Waals surface area contributed by atoms with Crippen molar-refractivity contribution >= 4 is 17.0 Å². The van der Waals surface area contributed by atoms with Gasteiger partial charge in [0.2, 0.25) is 0 Å². The third-order valence-corrected chi connectivity index (χ3v) is 2.91. The molecule has 0 bridgehead atoms. The number of nitrogens with zero attached hydrogens (tertiary/aromatic N) is 5. The van der Waals surface area contributed by atoms with E-state index in [-0.39, 0.29) is 5.82 Å². The maximum Gasteiger partial charge on any atom is 0.416 e. The number of hydrogen-bond acceptors (Lipinski definition) is 5. The van der Waals surface area contributed by atoms with Crippen LogP contribution in [-0.2, 0) is 6.54 Å². The van der Waals surface area contributed by atoms with Crippen molar-refractivity contribution in [3.63, 3.8) is 0 Å². The monoisotopic (exact) mass is 289 g/mol. The van der Waals surface area contributed by atoms with Crippen LogP contribution >= 0.6 is 0 Å². The first-order valence-corrected chi connectivity index (χ1v) is 5.96. The number of halogens is 3. The molecule has 1 atom stereocenters. The minimum atomic E-state index is -4.66. The fourth-order valence-corrected chi connectivity index (χ4v) is 1.83. The lowest BCUT2D eigenvalue weighted by Crippen LogP contribution is -2.39. The molecule has 9 heteroatoms. The molecular formula is C11H14F3N5O. The van der Waals surface area contributed by atoms with Gasteiger partial charge in [-0.05, 0) is 6.92 Å². The minimum absolute atomic E-state index is 0.255. The molecule has 0 aliphatic rings. The molecule has 0 amide bonds. The molecule has 1 N–H and O–H groups in total. The Hall–Kier alpha value is -1.90. The highest BCUT2D eigenvalue weighted by molar-refractivity contribution is 5.83. The smallest absolute Gasteiger partial charge is 0.382 e. The fourth-order valence-electron chi connectivity index (χ4n) is 1.83. The summed E-state index contributed by atoms with van der Waals surface area (Å²) in [4.78, 5) is 13.3. The molecule has 0 spiro atoms. The molecule has 0 aliphatic carbocycles. The van der Waals surface area contributed by atoms with Crippen molar-refractivity contribution in [2.24, 2.45) is 0 Å². The second-order valence-electron chi connectivity index (χ2n) is 4.34. The quantitative estimate of drug-likeness (QED) is 0.916. The van der Waals surface area contributed by atoms with Crippen LogP contribution in [0.4, 0.5) is 19.0 Å². The van der Waals surface area contributed by atoms with Gasteiger partial charge in [-0.1, -0.05) is 0 Å². The number of aliphatic hydroxyl groups is 1. The molecule has 0 aliphatic heterocycles. The van der Waals surface area contributed by atoms with Crippen LogP contribution in [0.3, 0.4) is 0 Å². The van der Waals surface area contributed by atoms with Crippen LogP contribution < -0.4 is 4.90 Å². The Kier molecular flexibility index (Phi) is 3.80. The van der Waals surface area contributed by atoms with E-state index in [9.17, 15) is 13.2 Å². The second kappa shape index (κ2) is 5.23. The van der Waals surface area contributed by atoms with Gasteiger partial charge in [0.25, 0.3) is 0 Å². The summed E-state index contributed by atoms with van der Waals surface area (Å²) in [5.74, 6) is 0.255. The Morgan fingerprint density at radius 2 is 2.05 bits per heavy atom. The van der Waals surface area contributed by atoms with Crippen LogP contribution in [0.1, 0.15) is 6.92 Å². The van der Waals surface area contributed by atoms with Gasteiger partial charge in [0.1, 0.15) is 6.33 Å². The molecular weight excluding hydrogens is 275 g/mol. The van der Waals surface area contributed by atoms with Crippen LogP contribution in [0.5, 0.6) is 0 Å². The number of aryl methyl sites for hydroxylation is 1. The lowest BCUT2D eigenvalue weighted by Gasteiger charge is -2.23. The summed E-state index contributed by atoms with van der Waals surface area (Å²) in [6.45, 7) is 1.93. The van der Waals surface area contributed by atoms with Crippen LogP contribution in [0.2, 0.25) is 0 Å². The summed E-state index contributed by atoms with van der Waals surface area (Å²) in [5.41, 5.74) is 0.956. The van der Waals surface area contributed by atoms with E-state index in [1.807, 2.05) is 6.92 Å². The summed E-state index contributed by atoms with van der Waals surface area (Å²) in [6, 6.07) is 0. The molecule has 0 saturated heterocycles. The van der Waals surface area contributed by atoms with Crippen LogP contribution in [0.25, 0.3) is 11.2 Å². The van der Waals surface area contributed by atoms with Gasteiger partial charge in [-0.3, -0.25) is 0 Å². The summed E-state index contributed by atoms with van der Waals surface area (Å²) in [7, 11) is 1.42. The zero-order valence-electron chi connectivity index (χ0n) is 11.0. The zero-order chi connectivity index (χ0) is 14.9. The molecule has 6 nitrogen and oxygen atoms in total. The van der Waals surface area contributed by atoms with Gasteiger partial charge in [-0.15, -0.1) is 0 Å². The van der Waals surface area contributed by atoms with E-state index in [0.29, 0.717) is 17.7 Å². The molecule has 2 heterocycles. The Bertz CT molecular complexity index is 597. The average molecular weight is 289 g/mol.